The van der Waals surface area contributed by atoms with Gasteiger partial charge in [-0.3, -0.25) is 4.79 Å². The first kappa shape index (κ1) is 19.0. The van der Waals surface area contributed by atoms with Crippen LogP contribution >= 0.6 is 11.8 Å². The minimum Gasteiger partial charge on any atom is -0.326 e. The Morgan fingerprint density at radius 1 is 1.27 bits per heavy atom. The summed E-state index contributed by atoms with van der Waals surface area (Å²) in [5.41, 5.74) is 1.74. The molecule has 1 rings (SSSR count). The Hall–Kier alpha value is -1.05. The average Bonchev–Trinajstić information content (AvgIpc) is 2.29. The third-order valence-electron chi connectivity index (χ3n) is 2.61. The average molecular weight is 345 g/mol. The summed E-state index contributed by atoms with van der Waals surface area (Å²) in [4.78, 5) is 13.0. The normalized spacial score (nSPS) is 12.2. The lowest BCUT2D eigenvalue weighted by molar-refractivity contribution is -0.116. The molecular weight excluding hydrogens is 320 g/mol. The summed E-state index contributed by atoms with van der Waals surface area (Å²) < 4.78 is 24.3. The van der Waals surface area contributed by atoms with Crippen LogP contribution in [0.25, 0.3) is 0 Å². The SMILES string of the molecule is Cc1cc(SC(C)(C)C)ccc1NC(=O)CCNS(C)(=O)=O. The van der Waals surface area contributed by atoms with Gasteiger partial charge in [0.25, 0.3) is 0 Å². The van der Waals surface area contributed by atoms with Crippen molar-refractivity contribution in [1.29, 1.82) is 0 Å². The molecule has 1 aromatic carbocycles. The van der Waals surface area contributed by atoms with E-state index in [9.17, 15) is 13.2 Å². The minimum absolute atomic E-state index is 0.0989. The number of anilines is 1. The molecule has 0 unspecified atom stereocenters. The van der Waals surface area contributed by atoms with Gasteiger partial charge in [0.15, 0.2) is 0 Å². The van der Waals surface area contributed by atoms with Gasteiger partial charge in [-0.05, 0) is 30.7 Å². The van der Waals surface area contributed by atoms with Crippen molar-refractivity contribution in [1.82, 2.24) is 4.72 Å². The Morgan fingerprint density at radius 3 is 2.41 bits per heavy atom. The van der Waals surface area contributed by atoms with E-state index in [2.05, 4.69) is 30.8 Å². The summed E-state index contributed by atoms with van der Waals surface area (Å²) in [6, 6.07) is 5.90. The largest absolute Gasteiger partial charge is 0.326 e. The van der Waals surface area contributed by atoms with Crippen LogP contribution < -0.4 is 10.0 Å². The molecule has 0 saturated heterocycles. The summed E-state index contributed by atoms with van der Waals surface area (Å²) in [6.07, 6.45) is 1.17. The molecule has 0 aliphatic heterocycles. The Labute approximate surface area is 137 Å². The van der Waals surface area contributed by atoms with Crippen molar-refractivity contribution in [3.05, 3.63) is 23.8 Å². The van der Waals surface area contributed by atoms with E-state index >= 15 is 0 Å². The van der Waals surface area contributed by atoms with E-state index in [1.54, 1.807) is 11.8 Å². The van der Waals surface area contributed by atoms with E-state index in [0.29, 0.717) is 0 Å². The number of aryl methyl sites for hydroxylation is 1. The van der Waals surface area contributed by atoms with E-state index in [4.69, 9.17) is 0 Å². The first-order valence-corrected chi connectivity index (χ1v) is 9.71. The minimum atomic E-state index is -3.26. The molecule has 2 N–H and O–H groups in total. The van der Waals surface area contributed by atoms with Crippen LogP contribution in [0.1, 0.15) is 32.8 Å². The highest BCUT2D eigenvalue weighted by atomic mass is 32.2. The Balaban J connectivity index is 2.61. The van der Waals surface area contributed by atoms with Gasteiger partial charge in [-0.2, -0.15) is 0 Å². The first-order chi connectivity index (χ1) is 9.96. The number of rotatable bonds is 6. The van der Waals surface area contributed by atoms with Crippen LogP contribution in [0, 0.1) is 6.92 Å². The van der Waals surface area contributed by atoms with Crippen molar-refractivity contribution in [2.24, 2.45) is 0 Å². The number of carbonyl (C=O) groups is 1. The lowest BCUT2D eigenvalue weighted by Crippen LogP contribution is -2.26. The molecule has 1 amide bonds. The molecular formula is C15H24N2O3S2. The second-order valence-corrected chi connectivity index (χ2v) is 9.89. The van der Waals surface area contributed by atoms with Crippen molar-refractivity contribution >= 4 is 33.4 Å². The zero-order valence-corrected chi connectivity index (χ0v) is 15.3. The van der Waals surface area contributed by atoms with E-state index in [1.165, 1.54) is 0 Å². The molecule has 0 aromatic heterocycles. The highest BCUT2D eigenvalue weighted by molar-refractivity contribution is 8.00. The number of amides is 1. The second-order valence-electron chi connectivity index (χ2n) is 6.16. The molecule has 5 nitrogen and oxygen atoms in total. The van der Waals surface area contributed by atoms with Crippen LogP contribution in [0.4, 0.5) is 5.69 Å². The fourth-order valence-corrected chi connectivity index (χ4v) is 3.31. The molecule has 0 aliphatic carbocycles. The maximum absolute atomic E-state index is 11.8. The van der Waals surface area contributed by atoms with Crippen LogP contribution in [-0.2, 0) is 14.8 Å². The molecule has 0 heterocycles. The highest BCUT2D eigenvalue weighted by Crippen LogP contribution is 2.33. The summed E-state index contributed by atoms with van der Waals surface area (Å²) in [7, 11) is -3.26. The van der Waals surface area contributed by atoms with Gasteiger partial charge >= 0.3 is 0 Å². The fraction of sp³-hybridized carbons (Fsp3) is 0.533. The maximum atomic E-state index is 11.8. The molecule has 1 aromatic rings. The van der Waals surface area contributed by atoms with E-state index in [0.717, 1.165) is 22.4 Å². The third-order valence-corrected chi connectivity index (χ3v) is 4.44. The van der Waals surface area contributed by atoms with Crippen molar-refractivity contribution < 1.29 is 13.2 Å². The van der Waals surface area contributed by atoms with Crippen molar-refractivity contribution in [2.75, 3.05) is 18.1 Å². The van der Waals surface area contributed by atoms with Crippen LogP contribution in [0.3, 0.4) is 0 Å². The summed E-state index contributed by atoms with van der Waals surface area (Å²) in [5, 5.41) is 2.80. The lowest BCUT2D eigenvalue weighted by Gasteiger charge is -2.18. The number of hydrogen-bond donors (Lipinski definition) is 2. The maximum Gasteiger partial charge on any atom is 0.225 e. The molecule has 22 heavy (non-hydrogen) atoms. The first-order valence-electron chi connectivity index (χ1n) is 7.00. The topological polar surface area (TPSA) is 75.3 Å². The summed E-state index contributed by atoms with van der Waals surface area (Å²) >= 11 is 1.77. The van der Waals surface area contributed by atoms with E-state index in [-0.39, 0.29) is 23.6 Å². The Bertz CT molecular complexity index is 635. The van der Waals surface area contributed by atoms with Gasteiger partial charge in [0.1, 0.15) is 0 Å². The molecule has 0 radical (unpaired) electrons. The summed E-state index contributed by atoms with van der Waals surface area (Å²) in [5.74, 6) is -0.213. The van der Waals surface area contributed by atoms with Gasteiger partial charge < -0.3 is 5.32 Å². The zero-order chi connectivity index (χ0) is 17.0. The van der Waals surface area contributed by atoms with Gasteiger partial charge in [-0.15, -0.1) is 11.8 Å². The number of sulfonamides is 1. The predicted molar refractivity (Wildman–Crippen MR) is 92.9 cm³/mol. The van der Waals surface area contributed by atoms with Gasteiger partial charge in [0.2, 0.25) is 15.9 Å². The Morgan fingerprint density at radius 2 is 1.91 bits per heavy atom. The number of thioether (sulfide) groups is 1. The number of benzene rings is 1. The predicted octanol–water partition coefficient (Wildman–Crippen LogP) is 2.76. The zero-order valence-electron chi connectivity index (χ0n) is 13.7. The van der Waals surface area contributed by atoms with E-state index < -0.39 is 10.0 Å². The van der Waals surface area contributed by atoms with Crippen LogP contribution in [0.5, 0.6) is 0 Å². The van der Waals surface area contributed by atoms with Crippen molar-refractivity contribution in [3.8, 4) is 0 Å². The standard InChI is InChI=1S/C15H24N2O3S2/c1-11-10-12(21-15(2,3)4)6-7-13(11)17-14(18)8-9-16-22(5,19)20/h6-7,10,16H,8-9H2,1-5H3,(H,17,18). The smallest absolute Gasteiger partial charge is 0.225 e. The van der Waals surface area contributed by atoms with Crippen molar-refractivity contribution in [2.45, 2.75) is 43.8 Å². The van der Waals surface area contributed by atoms with Crippen LogP contribution in [-0.4, -0.2) is 31.9 Å². The molecule has 0 atom stereocenters. The lowest BCUT2D eigenvalue weighted by atomic mass is 10.2. The molecule has 124 valence electrons. The quantitative estimate of drug-likeness (QED) is 0.778. The van der Waals surface area contributed by atoms with Crippen LogP contribution in [0.2, 0.25) is 0 Å². The van der Waals surface area contributed by atoms with Gasteiger partial charge in [-0.25, -0.2) is 13.1 Å². The molecule has 0 aliphatic rings. The number of hydrogen-bond acceptors (Lipinski definition) is 4. The van der Waals surface area contributed by atoms with Crippen molar-refractivity contribution in [3.63, 3.8) is 0 Å². The van der Waals surface area contributed by atoms with Crippen LogP contribution in [0.15, 0.2) is 23.1 Å². The molecule has 0 spiro atoms. The number of carbonyl (C=O) groups excluding carboxylic acids is 1. The fourth-order valence-electron chi connectivity index (χ4n) is 1.76. The molecule has 0 fully saturated rings. The second kappa shape index (κ2) is 7.48. The van der Waals surface area contributed by atoms with Gasteiger partial charge in [0, 0.05) is 28.3 Å². The Kier molecular flexibility index (Phi) is 6.46. The molecule has 7 heteroatoms. The van der Waals surface area contributed by atoms with E-state index in [1.807, 2.05) is 25.1 Å². The summed E-state index contributed by atoms with van der Waals surface area (Å²) in [6.45, 7) is 8.49. The van der Waals surface area contributed by atoms with Gasteiger partial charge in [0.05, 0.1) is 6.26 Å². The third kappa shape index (κ3) is 7.82. The van der Waals surface area contributed by atoms with Gasteiger partial charge in [-0.1, -0.05) is 20.8 Å². The number of nitrogens with one attached hydrogen (secondary N) is 2. The molecule has 0 saturated carbocycles. The molecule has 0 bridgehead atoms. The monoisotopic (exact) mass is 344 g/mol. The highest BCUT2D eigenvalue weighted by Gasteiger charge is 2.13.